The van der Waals surface area contributed by atoms with Gasteiger partial charge in [0.05, 0.1) is 0 Å². The molecule has 0 fully saturated rings. The third-order valence-corrected chi connectivity index (χ3v) is 4.19. The molecular weight excluding hydrogens is 220 g/mol. The average Bonchev–Trinajstić information content (AvgIpc) is 2.31. The zero-order valence-electron chi connectivity index (χ0n) is 11.2. The van der Waals surface area contributed by atoms with Crippen LogP contribution < -0.4 is 0 Å². The monoisotopic (exact) mass is 248 g/mol. The topological polar surface area (TPSA) is 27.7 Å². The van der Waals surface area contributed by atoms with Crippen LogP contribution in [0.5, 0.6) is 0 Å². The second-order valence-corrected chi connectivity index (χ2v) is 6.03. The fourth-order valence-electron chi connectivity index (χ4n) is 1.31. The number of hydrogen-bond acceptors (Lipinski definition) is 3. The molecule has 0 bridgehead atoms. The van der Waals surface area contributed by atoms with E-state index in [1.165, 1.54) is 0 Å². The lowest BCUT2D eigenvalue weighted by Gasteiger charge is -2.15. The van der Waals surface area contributed by atoms with E-state index in [1.54, 1.807) is 0 Å². The van der Waals surface area contributed by atoms with E-state index in [0.29, 0.717) is 0 Å². The van der Waals surface area contributed by atoms with Crippen LogP contribution in [0.1, 0.15) is 46.5 Å². The number of ether oxygens (including phenoxy) is 1. The molecule has 0 unspecified atom stereocenters. The summed E-state index contributed by atoms with van der Waals surface area (Å²) in [5, 5.41) is 0. The van der Waals surface area contributed by atoms with Gasteiger partial charge >= 0.3 is 9.28 Å². The van der Waals surface area contributed by atoms with E-state index in [4.69, 9.17) is 13.6 Å². The summed E-state index contributed by atoms with van der Waals surface area (Å²) >= 11 is 0. The molecule has 0 saturated heterocycles. The van der Waals surface area contributed by atoms with Crippen molar-refractivity contribution in [2.75, 3.05) is 26.4 Å². The first-order chi connectivity index (χ1) is 7.85. The van der Waals surface area contributed by atoms with Gasteiger partial charge in [-0.1, -0.05) is 20.8 Å². The molecule has 0 aliphatic heterocycles. The zero-order valence-corrected chi connectivity index (χ0v) is 12.3. The largest absolute Gasteiger partial charge is 0.397 e. The Bertz CT molecular complexity index is 125. The molecule has 16 heavy (non-hydrogen) atoms. The first-order valence-electron chi connectivity index (χ1n) is 6.66. The average molecular weight is 248 g/mol. The highest BCUT2D eigenvalue weighted by Crippen LogP contribution is 2.04. The Morgan fingerprint density at radius 3 is 1.81 bits per heavy atom. The summed E-state index contributed by atoms with van der Waals surface area (Å²) in [4.78, 5) is 0. The van der Waals surface area contributed by atoms with E-state index in [-0.39, 0.29) is 0 Å². The van der Waals surface area contributed by atoms with E-state index in [0.717, 1.165) is 58.2 Å². The van der Waals surface area contributed by atoms with Crippen molar-refractivity contribution < 1.29 is 13.6 Å². The van der Waals surface area contributed by atoms with Gasteiger partial charge in [-0.2, -0.15) is 0 Å². The summed E-state index contributed by atoms with van der Waals surface area (Å²) in [7, 11) is -1.40. The lowest BCUT2D eigenvalue weighted by atomic mass is 10.5. The Kier molecular flexibility index (Phi) is 13.2. The second kappa shape index (κ2) is 13.2. The molecule has 0 rings (SSSR count). The molecule has 4 heteroatoms. The van der Waals surface area contributed by atoms with Crippen molar-refractivity contribution in [1.82, 2.24) is 0 Å². The smallest absolute Gasteiger partial charge is 0.321 e. The third-order valence-electron chi connectivity index (χ3n) is 2.09. The van der Waals surface area contributed by atoms with Gasteiger partial charge in [0.1, 0.15) is 0 Å². The number of rotatable bonds is 12. The molecule has 0 aliphatic carbocycles. The first kappa shape index (κ1) is 16.1. The minimum absolute atomic E-state index is 0.844. The molecule has 0 radical (unpaired) electrons. The Morgan fingerprint density at radius 1 is 0.750 bits per heavy atom. The molecule has 0 N–H and O–H groups in total. The molecule has 3 nitrogen and oxygen atoms in total. The van der Waals surface area contributed by atoms with Crippen LogP contribution in [0.15, 0.2) is 0 Å². The molecule has 0 aromatic carbocycles. The molecule has 0 aromatic rings. The minimum atomic E-state index is -1.40. The maximum Gasteiger partial charge on any atom is 0.321 e. The lowest BCUT2D eigenvalue weighted by molar-refractivity contribution is 0.131. The minimum Gasteiger partial charge on any atom is -0.397 e. The van der Waals surface area contributed by atoms with Crippen LogP contribution in [-0.2, 0) is 13.6 Å². The molecule has 0 amide bonds. The molecule has 0 aromatic heterocycles. The van der Waals surface area contributed by atoms with Gasteiger partial charge in [-0.15, -0.1) is 0 Å². The van der Waals surface area contributed by atoms with Gasteiger partial charge in [-0.05, 0) is 31.7 Å². The summed E-state index contributed by atoms with van der Waals surface area (Å²) in [6.45, 7) is 9.81. The van der Waals surface area contributed by atoms with Crippen LogP contribution in [-0.4, -0.2) is 35.7 Å². The normalized spacial score (nSPS) is 11.2. The highest BCUT2D eigenvalue weighted by molar-refractivity contribution is 6.44. The van der Waals surface area contributed by atoms with Crippen LogP contribution in [0, 0.1) is 0 Å². The third kappa shape index (κ3) is 10.6. The van der Waals surface area contributed by atoms with E-state index in [1.807, 2.05) is 0 Å². The van der Waals surface area contributed by atoms with Gasteiger partial charge in [-0.3, -0.25) is 0 Å². The molecular formula is C12H28O3Si. The zero-order chi connectivity index (χ0) is 12.1. The Hall–Kier alpha value is 0.0969. The van der Waals surface area contributed by atoms with Gasteiger partial charge in [0.15, 0.2) is 0 Å². The van der Waals surface area contributed by atoms with Crippen molar-refractivity contribution in [2.24, 2.45) is 0 Å². The van der Waals surface area contributed by atoms with Crippen molar-refractivity contribution in [3.05, 3.63) is 0 Å². The predicted molar refractivity (Wildman–Crippen MR) is 70.2 cm³/mol. The maximum atomic E-state index is 5.76. The molecule has 0 aliphatic rings. The Balaban J connectivity index is 3.48. The van der Waals surface area contributed by atoms with Crippen molar-refractivity contribution >= 4 is 9.28 Å². The summed E-state index contributed by atoms with van der Waals surface area (Å²) in [5.74, 6) is 0. The Labute approximate surface area is 102 Å². The molecule has 0 heterocycles. The summed E-state index contributed by atoms with van der Waals surface area (Å²) in [6.07, 6.45) is 4.32. The van der Waals surface area contributed by atoms with Gasteiger partial charge in [0, 0.05) is 26.4 Å². The van der Waals surface area contributed by atoms with Crippen molar-refractivity contribution in [3.8, 4) is 0 Å². The summed E-state index contributed by atoms with van der Waals surface area (Å²) in [6, 6.07) is 1.07. The maximum absolute atomic E-state index is 5.76. The first-order valence-corrected chi connectivity index (χ1v) is 8.41. The molecule has 0 spiro atoms. The fourth-order valence-corrected chi connectivity index (χ4v) is 3.24. The molecule has 98 valence electrons. The fraction of sp³-hybridized carbons (Fsp3) is 1.00. The summed E-state index contributed by atoms with van der Waals surface area (Å²) in [5.41, 5.74) is 0. The highest BCUT2D eigenvalue weighted by atomic mass is 28.3. The standard InChI is InChI=1S/C12H28O3Si/c1-4-8-13-11-7-12-16(14-9-5-2)15-10-6-3/h16H,4-12H2,1-3H3. The highest BCUT2D eigenvalue weighted by Gasteiger charge is 2.12. The number of hydrogen-bond donors (Lipinski definition) is 0. The van der Waals surface area contributed by atoms with Gasteiger partial charge in [0.25, 0.3) is 0 Å². The van der Waals surface area contributed by atoms with Gasteiger partial charge in [0.2, 0.25) is 0 Å². The van der Waals surface area contributed by atoms with Crippen LogP contribution >= 0.6 is 0 Å². The van der Waals surface area contributed by atoms with Crippen LogP contribution in [0.3, 0.4) is 0 Å². The van der Waals surface area contributed by atoms with E-state index < -0.39 is 9.28 Å². The van der Waals surface area contributed by atoms with E-state index >= 15 is 0 Å². The molecule has 0 saturated carbocycles. The van der Waals surface area contributed by atoms with Crippen molar-refractivity contribution in [1.29, 1.82) is 0 Å². The predicted octanol–water partition coefficient (Wildman–Crippen LogP) is 2.88. The Morgan fingerprint density at radius 2 is 1.31 bits per heavy atom. The summed E-state index contributed by atoms with van der Waals surface area (Å²) < 4.78 is 17.0. The molecule has 0 atom stereocenters. The van der Waals surface area contributed by atoms with Crippen LogP contribution in [0.2, 0.25) is 6.04 Å². The van der Waals surface area contributed by atoms with Crippen LogP contribution in [0.4, 0.5) is 0 Å². The van der Waals surface area contributed by atoms with Crippen molar-refractivity contribution in [3.63, 3.8) is 0 Å². The quantitative estimate of drug-likeness (QED) is 0.393. The second-order valence-electron chi connectivity index (χ2n) is 3.93. The lowest BCUT2D eigenvalue weighted by Crippen LogP contribution is -2.24. The van der Waals surface area contributed by atoms with E-state index in [9.17, 15) is 0 Å². The van der Waals surface area contributed by atoms with Crippen molar-refractivity contribution in [2.45, 2.75) is 52.5 Å². The van der Waals surface area contributed by atoms with Gasteiger partial charge < -0.3 is 13.6 Å². The SMILES string of the molecule is CCCOCCC[SiH](OCCC)OCCC. The van der Waals surface area contributed by atoms with Gasteiger partial charge in [-0.25, -0.2) is 0 Å². The van der Waals surface area contributed by atoms with Crippen LogP contribution in [0.25, 0.3) is 0 Å². The van der Waals surface area contributed by atoms with E-state index in [2.05, 4.69) is 20.8 Å².